The quantitative estimate of drug-likeness (QED) is 0.745. The second-order valence-electron chi connectivity index (χ2n) is 5.90. The number of anilines is 2. The zero-order valence-corrected chi connectivity index (χ0v) is 15.8. The summed E-state index contributed by atoms with van der Waals surface area (Å²) < 4.78 is 4.91. The fourth-order valence-electron chi connectivity index (χ4n) is 2.59. The zero-order valence-electron chi connectivity index (χ0n) is 15.8. The molecule has 0 bridgehead atoms. The summed E-state index contributed by atoms with van der Waals surface area (Å²) in [4.78, 5) is 37.3. The van der Waals surface area contributed by atoms with Crippen molar-refractivity contribution in [3.63, 3.8) is 0 Å². The summed E-state index contributed by atoms with van der Waals surface area (Å²) in [6, 6.07) is 15.1. The molecule has 0 aliphatic carbocycles. The van der Waals surface area contributed by atoms with Gasteiger partial charge in [0.2, 0.25) is 11.8 Å². The van der Waals surface area contributed by atoms with E-state index in [1.54, 1.807) is 55.5 Å². The largest absolute Gasteiger partial charge is 0.462 e. The highest BCUT2D eigenvalue weighted by molar-refractivity contribution is 5.96. The first-order valence-corrected chi connectivity index (χ1v) is 8.80. The van der Waals surface area contributed by atoms with E-state index in [1.807, 2.05) is 6.07 Å². The number of amides is 2. The predicted octanol–water partition coefficient (Wildman–Crippen LogP) is 3.12. The van der Waals surface area contributed by atoms with Crippen LogP contribution in [0.4, 0.5) is 11.4 Å². The molecule has 7 heteroatoms. The van der Waals surface area contributed by atoms with Gasteiger partial charge in [-0.25, -0.2) is 4.79 Å². The van der Waals surface area contributed by atoms with Crippen LogP contribution in [-0.4, -0.2) is 30.9 Å². The van der Waals surface area contributed by atoms with Gasteiger partial charge in [-0.2, -0.15) is 5.26 Å². The summed E-state index contributed by atoms with van der Waals surface area (Å²) in [6.45, 7) is 3.55. The van der Waals surface area contributed by atoms with Gasteiger partial charge in [-0.15, -0.1) is 0 Å². The van der Waals surface area contributed by atoms with Crippen LogP contribution in [0.2, 0.25) is 0 Å². The highest BCUT2D eigenvalue weighted by atomic mass is 16.5. The average molecular weight is 379 g/mol. The van der Waals surface area contributed by atoms with Gasteiger partial charge >= 0.3 is 5.97 Å². The number of carbonyl (C=O) groups is 3. The van der Waals surface area contributed by atoms with E-state index in [4.69, 9.17) is 4.74 Å². The van der Waals surface area contributed by atoms with Gasteiger partial charge in [-0.05, 0) is 43.3 Å². The summed E-state index contributed by atoms with van der Waals surface area (Å²) in [6.07, 6.45) is 0.0545. The highest BCUT2D eigenvalue weighted by Crippen LogP contribution is 2.20. The molecule has 2 rings (SSSR count). The lowest BCUT2D eigenvalue weighted by Crippen LogP contribution is -2.32. The van der Waals surface area contributed by atoms with Gasteiger partial charge in [-0.3, -0.25) is 9.59 Å². The van der Waals surface area contributed by atoms with E-state index in [0.717, 1.165) is 0 Å². The van der Waals surface area contributed by atoms with Crippen molar-refractivity contribution in [1.82, 2.24) is 0 Å². The number of nitrogens with one attached hydrogen (secondary N) is 1. The molecule has 28 heavy (non-hydrogen) atoms. The molecule has 0 aromatic heterocycles. The first-order chi connectivity index (χ1) is 13.5. The lowest BCUT2D eigenvalue weighted by molar-refractivity contribution is -0.117. The third kappa shape index (κ3) is 5.42. The number of hydrogen-bond donors (Lipinski definition) is 1. The molecule has 144 valence electrons. The molecule has 2 aromatic carbocycles. The summed E-state index contributed by atoms with van der Waals surface area (Å²) in [5.74, 6) is -0.965. The fourth-order valence-corrected chi connectivity index (χ4v) is 2.59. The van der Waals surface area contributed by atoms with Crippen molar-refractivity contribution in [1.29, 1.82) is 5.26 Å². The number of nitrogens with zero attached hydrogens (tertiary/aromatic N) is 2. The van der Waals surface area contributed by atoms with E-state index in [1.165, 1.54) is 11.8 Å². The maximum Gasteiger partial charge on any atom is 0.338 e. The minimum Gasteiger partial charge on any atom is -0.462 e. The lowest BCUT2D eigenvalue weighted by atomic mass is 10.1. The molecule has 0 heterocycles. The second-order valence-corrected chi connectivity index (χ2v) is 5.90. The summed E-state index contributed by atoms with van der Waals surface area (Å²) >= 11 is 0. The minimum absolute atomic E-state index is 0.0545. The summed E-state index contributed by atoms with van der Waals surface area (Å²) in [5, 5.41) is 11.9. The number of esters is 1. The molecule has 0 aliphatic rings. The summed E-state index contributed by atoms with van der Waals surface area (Å²) in [7, 11) is 0. The molecule has 0 saturated heterocycles. The van der Waals surface area contributed by atoms with E-state index in [2.05, 4.69) is 5.32 Å². The molecule has 0 saturated carbocycles. The van der Waals surface area contributed by atoms with E-state index >= 15 is 0 Å². The van der Waals surface area contributed by atoms with Gasteiger partial charge in [0, 0.05) is 25.6 Å². The number of para-hydroxylation sites is 1. The molecular formula is C21H21N3O4. The molecule has 0 spiro atoms. The van der Waals surface area contributed by atoms with Crippen LogP contribution in [0.25, 0.3) is 0 Å². The Morgan fingerprint density at radius 1 is 1.11 bits per heavy atom. The van der Waals surface area contributed by atoms with E-state index < -0.39 is 5.97 Å². The number of nitriles is 1. The Labute approximate surface area is 163 Å². The van der Waals surface area contributed by atoms with Crippen LogP contribution >= 0.6 is 0 Å². The van der Waals surface area contributed by atoms with Crippen molar-refractivity contribution in [2.75, 3.05) is 23.4 Å². The number of carbonyl (C=O) groups excluding carboxylic acids is 3. The molecule has 0 unspecified atom stereocenters. The van der Waals surface area contributed by atoms with E-state index in [9.17, 15) is 19.6 Å². The van der Waals surface area contributed by atoms with Crippen LogP contribution in [0.15, 0.2) is 48.5 Å². The van der Waals surface area contributed by atoms with Crippen molar-refractivity contribution in [2.24, 2.45) is 0 Å². The van der Waals surface area contributed by atoms with Gasteiger partial charge in [0.15, 0.2) is 0 Å². The number of hydrogen-bond acceptors (Lipinski definition) is 5. The van der Waals surface area contributed by atoms with E-state index in [0.29, 0.717) is 29.1 Å². The average Bonchev–Trinajstić information content (AvgIpc) is 2.69. The maximum atomic E-state index is 12.2. The molecule has 7 nitrogen and oxygen atoms in total. The maximum absolute atomic E-state index is 12.2. The lowest BCUT2D eigenvalue weighted by Gasteiger charge is -2.22. The normalized spacial score (nSPS) is 9.89. The second kappa shape index (κ2) is 9.88. The van der Waals surface area contributed by atoms with Crippen LogP contribution in [0.1, 0.15) is 36.2 Å². The van der Waals surface area contributed by atoms with Gasteiger partial charge in [0.1, 0.15) is 6.07 Å². The monoisotopic (exact) mass is 379 g/mol. The van der Waals surface area contributed by atoms with Crippen molar-refractivity contribution >= 4 is 29.2 Å². The number of benzene rings is 2. The highest BCUT2D eigenvalue weighted by Gasteiger charge is 2.16. The molecule has 2 aromatic rings. The standard InChI is InChI=1S/C21H21N3O4/c1-3-28-21(27)16-8-10-18(11-9-16)23-20(26)12-13-24(15(2)25)19-7-5-4-6-17(19)14-22/h4-11H,3,12-13H2,1-2H3,(H,23,26). The minimum atomic E-state index is -0.423. The SMILES string of the molecule is CCOC(=O)c1ccc(NC(=O)CCN(C(C)=O)c2ccccc2C#N)cc1. The molecule has 0 fully saturated rings. The molecule has 0 radical (unpaired) electrons. The molecule has 1 N–H and O–H groups in total. The van der Waals surface area contributed by atoms with Crippen LogP contribution < -0.4 is 10.2 Å². The van der Waals surface area contributed by atoms with Crippen molar-refractivity contribution < 1.29 is 19.1 Å². The van der Waals surface area contributed by atoms with Crippen LogP contribution in [0.3, 0.4) is 0 Å². The zero-order chi connectivity index (χ0) is 20.5. The Morgan fingerprint density at radius 3 is 2.39 bits per heavy atom. The topological polar surface area (TPSA) is 99.5 Å². The Balaban J connectivity index is 1.99. The van der Waals surface area contributed by atoms with Gasteiger partial charge in [0.25, 0.3) is 0 Å². The van der Waals surface area contributed by atoms with Crippen LogP contribution in [0, 0.1) is 11.3 Å². The molecule has 2 amide bonds. The van der Waals surface area contributed by atoms with Gasteiger partial charge in [-0.1, -0.05) is 12.1 Å². The van der Waals surface area contributed by atoms with Crippen LogP contribution in [0.5, 0.6) is 0 Å². The van der Waals surface area contributed by atoms with Gasteiger partial charge in [0.05, 0.1) is 23.4 Å². The Kier molecular flexibility index (Phi) is 7.28. The predicted molar refractivity (Wildman–Crippen MR) is 105 cm³/mol. The summed E-state index contributed by atoms with van der Waals surface area (Å²) in [5.41, 5.74) is 1.78. The third-order valence-electron chi connectivity index (χ3n) is 3.94. The van der Waals surface area contributed by atoms with Crippen LogP contribution in [-0.2, 0) is 14.3 Å². The molecule has 0 aliphatic heterocycles. The van der Waals surface area contributed by atoms with Crippen molar-refractivity contribution in [3.05, 3.63) is 59.7 Å². The smallest absolute Gasteiger partial charge is 0.338 e. The molecule has 0 atom stereocenters. The third-order valence-corrected chi connectivity index (χ3v) is 3.94. The van der Waals surface area contributed by atoms with Crippen molar-refractivity contribution in [3.8, 4) is 6.07 Å². The first kappa shape index (κ1) is 20.6. The Bertz CT molecular complexity index is 901. The van der Waals surface area contributed by atoms with Crippen molar-refractivity contribution in [2.45, 2.75) is 20.3 Å². The first-order valence-electron chi connectivity index (χ1n) is 8.80. The number of ether oxygens (including phenoxy) is 1. The molecular weight excluding hydrogens is 358 g/mol. The Hall–Kier alpha value is -3.66. The number of rotatable bonds is 7. The fraction of sp³-hybridized carbons (Fsp3) is 0.238. The Morgan fingerprint density at radius 2 is 1.79 bits per heavy atom. The van der Waals surface area contributed by atoms with E-state index in [-0.39, 0.29) is 24.8 Å². The van der Waals surface area contributed by atoms with Gasteiger partial charge < -0.3 is 15.0 Å².